The Morgan fingerprint density at radius 2 is 0.873 bits per heavy atom. The van der Waals surface area contributed by atoms with Gasteiger partial charge in [-0.2, -0.15) is 0 Å². The second kappa shape index (κ2) is 11.9. The number of furan rings is 1. The van der Waals surface area contributed by atoms with E-state index in [0.29, 0.717) is 0 Å². The van der Waals surface area contributed by atoms with Crippen molar-refractivity contribution in [3.05, 3.63) is 233 Å². The maximum absolute atomic E-state index is 7.01. The summed E-state index contributed by atoms with van der Waals surface area (Å²) in [5, 5.41) is 2.24. The minimum Gasteiger partial charge on any atom is -0.454 e. The molecule has 2 nitrogen and oxygen atoms in total. The van der Waals surface area contributed by atoms with Crippen LogP contribution in [0.2, 0.25) is 0 Å². The molecular formula is C61H43NO. The van der Waals surface area contributed by atoms with Crippen LogP contribution < -0.4 is 4.90 Å². The summed E-state index contributed by atoms with van der Waals surface area (Å²) < 4.78 is 7.01. The SMILES string of the molecule is CC1(C)c2ccccc2-c2ccc(N(c3cc4c(c5c3C(C)(C)c3ccccc3-5)-c3ccccc3C43c4ccccc4-c4ccccc43)c3cccc4c3oc3ccccc34)cc21. The lowest BCUT2D eigenvalue weighted by atomic mass is 9.69. The van der Waals surface area contributed by atoms with Crippen LogP contribution in [-0.4, -0.2) is 0 Å². The molecule has 9 aromatic carbocycles. The Morgan fingerprint density at radius 1 is 0.365 bits per heavy atom. The molecule has 4 aliphatic carbocycles. The molecule has 14 rings (SSSR count). The van der Waals surface area contributed by atoms with Crippen molar-refractivity contribution in [2.75, 3.05) is 4.90 Å². The molecule has 10 aromatic rings. The van der Waals surface area contributed by atoms with Crippen LogP contribution in [0.4, 0.5) is 17.1 Å². The van der Waals surface area contributed by atoms with E-state index in [9.17, 15) is 0 Å². The molecule has 63 heavy (non-hydrogen) atoms. The summed E-state index contributed by atoms with van der Waals surface area (Å²) in [6.07, 6.45) is 0. The molecule has 0 fully saturated rings. The summed E-state index contributed by atoms with van der Waals surface area (Å²) in [4.78, 5) is 2.57. The molecule has 0 N–H and O–H groups in total. The Labute approximate surface area is 367 Å². The molecular weight excluding hydrogens is 763 g/mol. The first kappa shape index (κ1) is 35.2. The van der Waals surface area contributed by atoms with Crippen molar-refractivity contribution < 1.29 is 4.42 Å². The van der Waals surface area contributed by atoms with Gasteiger partial charge >= 0.3 is 0 Å². The van der Waals surface area contributed by atoms with Gasteiger partial charge < -0.3 is 9.32 Å². The van der Waals surface area contributed by atoms with E-state index in [-0.39, 0.29) is 10.8 Å². The van der Waals surface area contributed by atoms with E-state index in [4.69, 9.17) is 4.42 Å². The summed E-state index contributed by atoms with van der Waals surface area (Å²) in [5.74, 6) is 0. The highest BCUT2D eigenvalue weighted by Crippen LogP contribution is 2.68. The van der Waals surface area contributed by atoms with Crippen LogP contribution in [0.3, 0.4) is 0 Å². The van der Waals surface area contributed by atoms with E-state index in [1.807, 2.05) is 0 Å². The number of nitrogens with zero attached hydrogens (tertiary/aromatic N) is 1. The maximum atomic E-state index is 7.01. The van der Waals surface area contributed by atoms with Crippen LogP contribution in [0.15, 0.2) is 192 Å². The van der Waals surface area contributed by atoms with E-state index < -0.39 is 5.41 Å². The second-order valence-electron chi connectivity index (χ2n) is 19.1. The van der Waals surface area contributed by atoms with E-state index in [2.05, 4.69) is 221 Å². The first-order valence-corrected chi connectivity index (χ1v) is 22.4. The Morgan fingerprint density at radius 3 is 1.56 bits per heavy atom. The van der Waals surface area contributed by atoms with Crippen molar-refractivity contribution in [1.82, 2.24) is 0 Å². The summed E-state index contributed by atoms with van der Waals surface area (Å²) in [6.45, 7) is 9.64. The van der Waals surface area contributed by atoms with Crippen LogP contribution >= 0.6 is 0 Å². The van der Waals surface area contributed by atoms with E-state index in [1.54, 1.807) is 0 Å². The minimum absolute atomic E-state index is 0.183. The van der Waals surface area contributed by atoms with Crippen LogP contribution in [0.1, 0.15) is 72.2 Å². The summed E-state index contributed by atoms with van der Waals surface area (Å²) in [7, 11) is 0. The van der Waals surface area contributed by atoms with Gasteiger partial charge in [-0.3, -0.25) is 0 Å². The van der Waals surface area contributed by atoms with Gasteiger partial charge in [0.1, 0.15) is 5.58 Å². The molecule has 0 bridgehead atoms. The molecule has 0 aliphatic heterocycles. The lowest BCUT2D eigenvalue weighted by Gasteiger charge is -2.36. The lowest BCUT2D eigenvalue weighted by molar-refractivity contribution is 0.657. The predicted octanol–water partition coefficient (Wildman–Crippen LogP) is 16.0. The zero-order chi connectivity index (χ0) is 42.0. The number of benzene rings is 9. The second-order valence-corrected chi connectivity index (χ2v) is 19.1. The number of fused-ring (bicyclic) bond motifs is 20. The van der Waals surface area contributed by atoms with Crippen molar-refractivity contribution in [2.24, 2.45) is 0 Å². The van der Waals surface area contributed by atoms with E-state index in [1.165, 1.54) is 94.7 Å². The molecule has 0 amide bonds. The zero-order valence-corrected chi connectivity index (χ0v) is 35.8. The van der Waals surface area contributed by atoms with Gasteiger partial charge in [0.15, 0.2) is 5.58 Å². The average molecular weight is 806 g/mol. The zero-order valence-electron chi connectivity index (χ0n) is 35.8. The van der Waals surface area contributed by atoms with E-state index >= 15 is 0 Å². The molecule has 0 saturated heterocycles. The van der Waals surface area contributed by atoms with Gasteiger partial charge in [-0.25, -0.2) is 0 Å². The van der Waals surface area contributed by atoms with Crippen molar-refractivity contribution in [3.8, 4) is 44.5 Å². The van der Waals surface area contributed by atoms with Gasteiger partial charge in [0.2, 0.25) is 0 Å². The van der Waals surface area contributed by atoms with Crippen LogP contribution in [0.25, 0.3) is 66.4 Å². The smallest absolute Gasteiger partial charge is 0.159 e. The largest absolute Gasteiger partial charge is 0.454 e. The third kappa shape index (κ3) is 4.20. The van der Waals surface area contributed by atoms with Gasteiger partial charge in [-0.1, -0.05) is 185 Å². The minimum atomic E-state index is -0.525. The molecule has 2 heteroatoms. The highest BCUT2D eigenvalue weighted by molar-refractivity contribution is 6.12. The molecule has 1 spiro atoms. The third-order valence-electron chi connectivity index (χ3n) is 15.4. The highest BCUT2D eigenvalue weighted by Gasteiger charge is 2.55. The predicted molar refractivity (Wildman–Crippen MR) is 260 cm³/mol. The van der Waals surface area contributed by atoms with Crippen LogP contribution in [0.5, 0.6) is 0 Å². The van der Waals surface area contributed by atoms with Gasteiger partial charge in [-0.05, 0) is 119 Å². The molecule has 4 aliphatic rings. The molecule has 0 unspecified atom stereocenters. The fourth-order valence-corrected chi connectivity index (χ4v) is 12.8. The number of hydrogen-bond acceptors (Lipinski definition) is 2. The Kier molecular flexibility index (Phi) is 6.67. The molecule has 1 heterocycles. The third-order valence-corrected chi connectivity index (χ3v) is 15.4. The van der Waals surface area contributed by atoms with Crippen molar-refractivity contribution in [3.63, 3.8) is 0 Å². The average Bonchev–Trinajstić information content (AvgIpc) is 4.06. The summed E-state index contributed by atoms with van der Waals surface area (Å²) in [6, 6.07) is 70.7. The topological polar surface area (TPSA) is 16.4 Å². The Hall–Kier alpha value is -7.42. The number of hydrogen-bond donors (Lipinski definition) is 0. The molecule has 0 atom stereocenters. The summed E-state index contributed by atoms with van der Waals surface area (Å²) >= 11 is 0. The lowest BCUT2D eigenvalue weighted by Crippen LogP contribution is -2.27. The quantitative estimate of drug-likeness (QED) is 0.177. The van der Waals surface area contributed by atoms with Gasteiger partial charge in [0, 0.05) is 27.3 Å². The normalized spacial score (nSPS) is 15.7. The molecule has 0 radical (unpaired) electrons. The van der Waals surface area contributed by atoms with Gasteiger partial charge in [0.05, 0.1) is 16.8 Å². The van der Waals surface area contributed by atoms with E-state index in [0.717, 1.165) is 33.3 Å². The number of rotatable bonds is 3. The van der Waals surface area contributed by atoms with Crippen molar-refractivity contribution in [1.29, 1.82) is 0 Å². The number of anilines is 3. The fourth-order valence-electron chi connectivity index (χ4n) is 12.8. The molecule has 1 aromatic heterocycles. The summed E-state index contributed by atoms with van der Waals surface area (Å²) in [5.41, 5.74) is 25.4. The Bertz CT molecular complexity index is 3610. The monoisotopic (exact) mass is 805 g/mol. The van der Waals surface area contributed by atoms with Crippen molar-refractivity contribution >= 4 is 39.0 Å². The Balaban J connectivity index is 1.17. The van der Waals surface area contributed by atoms with Gasteiger partial charge in [-0.15, -0.1) is 0 Å². The van der Waals surface area contributed by atoms with Crippen molar-refractivity contribution in [2.45, 2.75) is 43.9 Å². The molecule has 0 saturated carbocycles. The maximum Gasteiger partial charge on any atom is 0.159 e. The van der Waals surface area contributed by atoms with Gasteiger partial charge in [0.25, 0.3) is 0 Å². The van der Waals surface area contributed by atoms with Crippen LogP contribution in [-0.2, 0) is 16.2 Å². The fraction of sp³-hybridized carbons (Fsp3) is 0.115. The number of para-hydroxylation sites is 2. The first-order valence-electron chi connectivity index (χ1n) is 22.4. The standard InChI is InChI=1S/C61H43NO/c1-59(2)45-25-11-5-18-37(45)40-33-32-36(34-50(40)59)62(52-30-17-24-42-41-21-10-16-31-54(41)63-58(42)52)53-35-51-55(56-43-22-8-12-26-46(43)60(3,4)57(53)56)44-23-9-15-29-49(44)61(51)47-27-13-6-19-38(47)39-20-7-14-28-48(39)61/h5-35H,1-4H3. The van der Waals surface area contributed by atoms with Crippen LogP contribution in [0, 0.1) is 0 Å². The highest BCUT2D eigenvalue weighted by atomic mass is 16.3. The molecule has 298 valence electrons. The first-order chi connectivity index (χ1) is 30.8.